The summed E-state index contributed by atoms with van der Waals surface area (Å²) in [5.74, 6) is 1.74. The second-order valence-corrected chi connectivity index (χ2v) is 4.06. The predicted octanol–water partition coefficient (Wildman–Crippen LogP) is 1.45. The molecule has 0 spiro atoms. The Bertz CT molecular complexity index is 383. The number of hydrogen-bond acceptors (Lipinski definition) is 4. The Kier molecular flexibility index (Phi) is 1.71. The lowest BCUT2D eigenvalue weighted by Gasteiger charge is -2.19. The Labute approximate surface area is 88.8 Å². The number of fused-ring (bicyclic) bond motifs is 2. The molecule has 3 rings (SSSR count). The summed E-state index contributed by atoms with van der Waals surface area (Å²) >= 11 is 0. The first kappa shape index (κ1) is 8.71. The van der Waals surface area contributed by atoms with Crippen LogP contribution in [0.5, 0.6) is 11.5 Å². The van der Waals surface area contributed by atoms with Crippen molar-refractivity contribution in [2.24, 2.45) is 0 Å². The highest BCUT2D eigenvalue weighted by Gasteiger charge is 2.27. The van der Waals surface area contributed by atoms with Crippen LogP contribution in [-0.4, -0.2) is 27.4 Å². The zero-order chi connectivity index (χ0) is 10.4. The summed E-state index contributed by atoms with van der Waals surface area (Å²) in [5, 5.41) is 3.40. The third-order valence-corrected chi connectivity index (χ3v) is 2.86. The van der Waals surface area contributed by atoms with E-state index in [1.54, 1.807) is 0 Å². The second kappa shape index (κ2) is 2.95. The molecule has 1 aromatic carbocycles. The molecule has 2 aliphatic rings. The van der Waals surface area contributed by atoms with Gasteiger partial charge < -0.3 is 19.7 Å². The van der Waals surface area contributed by atoms with E-state index in [1.165, 1.54) is 11.3 Å². The van der Waals surface area contributed by atoms with Crippen LogP contribution in [0.4, 0.5) is 11.4 Å². The molecule has 0 amide bonds. The average Bonchev–Trinajstić information content (AvgIpc) is 2.79. The molecule has 0 atom stereocenters. The summed E-state index contributed by atoms with van der Waals surface area (Å²) in [6.45, 7) is 1.33. The van der Waals surface area contributed by atoms with Crippen molar-refractivity contribution in [2.75, 3.05) is 37.6 Å². The Morgan fingerprint density at radius 1 is 1.33 bits per heavy atom. The lowest BCUT2D eigenvalue weighted by atomic mass is 10.1. The zero-order valence-electron chi connectivity index (χ0n) is 8.96. The molecule has 1 N–H and O–H groups in total. The van der Waals surface area contributed by atoms with Gasteiger partial charge in [0.1, 0.15) is 5.69 Å². The number of benzene rings is 1. The fourth-order valence-corrected chi connectivity index (χ4v) is 2.22. The number of nitrogens with zero attached hydrogens (tertiary/aromatic N) is 1. The largest absolute Gasteiger partial charge is 0.453 e. The van der Waals surface area contributed by atoms with Gasteiger partial charge in [0, 0.05) is 20.6 Å². The van der Waals surface area contributed by atoms with Crippen molar-refractivity contribution in [3.63, 3.8) is 0 Å². The number of hydrogen-bond donors (Lipinski definition) is 1. The smallest absolute Gasteiger partial charge is 0.231 e. The molecule has 4 heteroatoms. The van der Waals surface area contributed by atoms with E-state index in [2.05, 4.69) is 16.3 Å². The average molecular weight is 206 g/mol. The van der Waals surface area contributed by atoms with E-state index >= 15 is 0 Å². The van der Waals surface area contributed by atoms with Gasteiger partial charge in [0.05, 0.1) is 5.69 Å². The van der Waals surface area contributed by atoms with Gasteiger partial charge in [0.25, 0.3) is 0 Å². The summed E-state index contributed by atoms with van der Waals surface area (Å²) in [7, 11) is 4.05. The summed E-state index contributed by atoms with van der Waals surface area (Å²) < 4.78 is 11.0. The monoisotopic (exact) mass is 206 g/mol. The van der Waals surface area contributed by atoms with E-state index < -0.39 is 0 Å². The first-order chi connectivity index (χ1) is 7.27. The minimum Gasteiger partial charge on any atom is -0.453 e. The molecule has 0 unspecified atom stereocenters. The fourth-order valence-electron chi connectivity index (χ4n) is 2.22. The van der Waals surface area contributed by atoms with Crippen molar-refractivity contribution in [3.05, 3.63) is 11.6 Å². The molecule has 0 saturated carbocycles. The van der Waals surface area contributed by atoms with Gasteiger partial charge in [-0.3, -0.25) is 0 Å². The molecule has 0 fully saturated rings. The molecule has 0 aliphatic carbocycles. The summed E-state index contributed by atoms with van der Waals surface area (Å²) in [5.41, 5.74) is 3.63. The fraction of sp³-hybridized carbons (Fsp3) is 0.455. The number of ether oxygens (including phenoxy) is 2. The minimum atomic E-state index is 0.332. The van der Waals surface area contributed by atoms with Gasteiger partial charge in [-0.25, -0.2) is 0 Å². The van der Waals surface area contributed by atoms with Crippen LogP contribution in [0.3, 0.4) is 0 Å². The molecule has 0 bridgehead atoms. The molecule has 2 aliphatic heterocycles. The van der Waals surface area contributed by atoms with E-state index in [9.17, 15) is 0 Å². The third-order valence-electron chi connectivity index (χ3n) is 2.86. The van der Waals surface area contributed by atoms with E-state index in [4.69, 9.17) is 9.47 Å². The lowest BCUT2D eigenvalue weighted by molar-refractivity contribution is 0.174. The van der Waals surface area contributed by atoms with Gasteiger partial charge in [-0.1, -0.05) is 0 Å². The molecule has 1 aromatic rings. The highest BCUT2D eigenvalue weighted by Crippen LogP contribution is 2.48. The van der Waals surface area contributed by atoms with Crippen molar-refractivity contribution < 1.29 is 9.47 Å². The van der Waals surface area contributed by atoms with E-state index in [-0.39, 0.29) is 0 Å². The van der Waals surface area contributed by atoms with Crippen LogP contribution in [-0.2, 0) is 6.42 Å². The number of anilines is 2. The van der Waals surface area contributed by atoms with Crippen LogP contribution in [0.25, 0.3) is 0 Å². The number of nitrogens with one attached hydrogen (secondary N) is 1. The molecule has 0 aromatic heterocycles. The highest BCUT2D eigenvalue weighted by atomic mass is 16.7. The summed E-state index contributed by atoms with van der Waals surface area (Å²) in [6, 6.07) is 2.09. The summed E-state index contributed by atoms with van der Waals surface area (Å²) in [4.78, 5) is 2.07. The number of rotatable bonds is 1. The Morgan fingerprint density at radius 2 is 2.20 bits per heavy atom. The van der Waals surface area contributed by atoms with Crippen molar-refractivity contribution in [1.29, 1.82) is 0 Å². The van der Waals surface area contributed by atoms with Gasteiger partial charge in [-0.2, -0.15) is 0 Å². The molecule has 0 saturated heterocycles. The minimum absolute atomic E-state index is 0.332. The van der Waals surface area contributed by atoms with E-state index in [0.29, 0.717) is 6.79 Å². The van der Waals surface area contributed by atoms with Gasteiger partial charge in [-0.05, 0) is 18.1 Å². The molecule has 0 radical (unpaired) electrons. The Morgan fingerprint density at radius 3 is 3.00 bits per heavy atom. The third kappa shape index (κ3) is 1.14. The molecule has 80 valence electrons. The Hall–Kier alpha value is -1.58. The predicted molar refractivity (Wildman–Crippen MR) is 59.1 cm³/mol. The second-order valence-electron chi connectivity index (χ2n) is 4.06. The van der Waals surface area contributed by atoms with Crippen LogP contribution >= 0.6 is 0 Å². The normalized spacial score (nSPS) is 16.1. The SMILES string of the molecule is CN(C)c1c2c(cc3c1OCO3)CCN2. The van der Waals surface area contributed by atoms with E-state index in [0.717, 1.165) is 30.2 Å². The first-order valence-electron chi connectivity index (χ1n) is 5.14. The van der Waals surface area contributed by atoms with Crippen LogP contribution in [0, 0.1) is 0 Å². The Balaban J connectivity index is 2.25. The lowest BCUT2D eigenvalue weighted by Crippen LogP contribution is -2.12. The van der Waals surface area contributed by atoms with Crippen molar-refractivity contribution in [3.8, 4) is 11.5 Å². The summed E-state index contributed by atoms with van der Waals surface area (Å²) in [6.07, 6.45) is 1.06. The zero-order valence-corrected chi connectivity index (χ0v) is 8.96. The van der Waals surface area contributed by atoms with Gasteiger partial charge in [0.2, 0.25) is 6.79 Å². The maximum atomic E-state index is 5.51. The maximum absolute atomic E-state index is 5.51. The standard InChI is InChI=1S/C11H14N2O2/c1-13(2)10-9-7(3-4-12-9)5-8-11(10)15-6-14-8/h5,12H,3-4,6H2,1-2H3. The quantitative estimate of drug-likeness (QED) is 0.754. The molecule has 2 heterocycles. The van der Waals surface area contributed by atoms with E-state index in [1.807, 2.05) is 14.1 Å². The molecule has 15 heavy (non-hydrogen) atoms. The van der Waals surface area contributed by atoms with Gasteiger partial charge in [0.15, 0.2) is 11.5 Å². The molecule has 4 nitrogen and oxygen atoms in total. The first-order valence-corrected chi connectivity index (χ1v) is 5.14. The van der Waals surface area contributed by atoms with Gasteiger partial charge >= 0.3 is 0 Å². The maximum Gasteiger partial charge on any atom is 0.231 e. The highest BCUT2D eigenvalue weighted by molar-refractivity contribution is 5.84. The molecular formula is C11H14N2O2. The van der Waals surface area contributed by atoms with Crippen molar-refractivity contribution in [2.45, 2.75) is 6.42 Å². The van der Waals surface area contributed by atoms with Gasteiger partial charge in [-0.15, -0.1) is 0 Å². The topological polar surface area (TPSA) is 33.7 Å². The van der Waals surface area contributed by atoms with Crippen LogP contribution in [0.1, 0.15) is 5.56 Å². The molecular weight excluding hydrogens is 192 g/mol. The van der Waals surface area contributed by atoms with Crippen molar-refractivity contribution >= 4 is 11.4 Å². The van der Waals surface area contributed by atoms with Crippen molar-refractivity contribution in [1.82, 2.24) is 0 Å². The van der Waals surface area contributed by atoms with Crippen LogP contribution in [0.2, 0.25) is 0 Å². The van der Waals surface area contributed by atoms with Crippen LogP contribution in [0.15, 0.2) is 6.07 Å². The van der Waals surface area contributed by atoms with Crippen LogP contribution < -0.4 is 19.7 Å².